The highest BCUT2D eigenvalue weighted by atomic mass is 15.2. The van der Waals surface area contributed by atoms with E-state index >= 15 is 0 Å². The monoisotopic (exact) mass is 333 g/mol. The van der Waals surface area contributed by atoms with Crippen molar-refractivity contribution in [1.82, 2.24) is 9.47 Å². The van der Waals surface area contributed by atoms with Gasteiger partial charge in [0.05, 0.1) is 18.7 Å². The van der Waals surface area contributed by atoms with E-state index in [0.29, 0.717) is 12.6 Å². The summed E-state index contributed by atoms with van der Waals surface area (Å²) < 4.78 is 2.58. The van der Waals surface area contributed by atoms with Crippen LogP contribution in [0.2, 0.25) is 0 Å². The van der Waals surface area contributed by atoms with Crippen LogP contribution in [-0.4, -0.2) is 22.6 Å². The third-order valence-corrected chi connectivity index (χ3v) is 6.86. The molecule has 2 aromatic rings. The van der Waals surface area contributed by atoms with Crippen LogP contribution in [0.3, 0.4) is 0 Å². The van der Waals surface area contributed by atoms with Gasteiger partial charge in [0.1, 0.15) is 0 Å². The van der Waals surface area contributed by atoms with Crippen molar-refractivity contribution in [3.63, 3.8) is 0 Å². The lowest BCUT2D eigenvalue weighted by Crippen LogP contribution is -2.39. The van der Waals surface area contributed by atoms with Crippen molar-refractivity contribution in [2.45, 2.75) is 69.9 Å². The van der Waals surface area contributed by atoms with Gasteiger partial charge in [0.15, 0.2) is 0 Å². The Balaban J connectivity index is 1.61. The Bertz CT molecular complexity index is 835. The van der Waals surface area contributed by atoms with Gasteiger partial charge in [-0.05, 0) is 61.3 Å². The topological polar surface area (TPSA) is 32.0 Å². The molecule has 3 aliphatic rings. The van der Waals surface area contributed by atoms with Gasteiger partial charge in [-0.25, -0.2) is 0 Å². The minimum atomic E-state index is 0.461. The molecule has 1 aliphatic heterocycles. The first-order valence-corrected chi connectivity index (χ1v) is 10.1. The minimum absolute atomic E-state index is 0.461. The molecule has 0 spiro atoms. The maximum absolute atomic E-state index is 9.19. The molecular weight excluding hydrogens is 306 g/mol. The van der Waals surface area contributed by atoms with Crippen LogP contribution in [0.1, 0.15) is 73.7 Å². The molecule has 0 saturated heterocycles. The number of hydrogen-bond acceptors (Lipinski definition) is 2. The Morgan fingerprint density at radius 1 is 1.04 bits per heavy atom. The highest BCUT2D eigenvalue weighted by molar-refractivity contribution is 5.87. The summed E-state index contributed by atoms with van der Waals surface area (Å²) in [4.78, 5) is 2.40. The van der Waals surface area contributed by atoms with E-state index in [2.05, 4.69) is 33.7 Å². The van der Waals surface area contributed by atoms with Crippen LogP contribution in [0.5, 0.6) is 0 Å². The molecule has 25 heavy (non-hydrogen) atoms. The molecular formula is C22H27N3. The normalized spacial score (nSPS) is 24.2. The minimum Gasteiger partial charge on any atom is -0.342 e. The van der Waals surface area contributed by atoms with Gasteiger partial charge in [-0.1, -0.05) is 25.3 Å². The summed E-state index contributed by atoms with van der Waals surface area (Å²) in [7, 11) is 0. The lowest BCUT2D eigenvalue weighted by molar-refractivity contribution is 0.160. The van der Waals surface area contributed by atoms with Crippen molar-refractivity contribution in [3.8, 4) is 6.07 Å². The fourth-order valence-corrected chi connectivity index (χ4v) is 5.66. The first kappa shape index (κ1) is 15.5. The average Bonchev–Trinajstić information content (AvgIpc) is 3.00. The van der Waals surface area contributed by atoms with E-state index in [0.717, 1.165) is 19.0 Å². The smallest absolute Gasteiger partial charge is 0.0872 e. The number of rotatable bonds is 2. The molecule has 1 unspecified atom stereocenters. The predicted molar refractivity (Wildman–Crippen MR) is 101 cm³/mol. The molecule has 1 fully saturated rings. The summed E-state index contributed by atoms with van der Waals surface area (Å²) >= 11 is 0. The van der Waals surface area contributed by atoms with Crippen LogP contribution < -0.4 is 0 Å². The molecule has 0 radical (unpaired) electrons. The SMILES string of the molecule is N#CCN1CCn2c3c(c4cc(C5CCCCC5)ccc42)CCCC31. The molecule has 0 amide bonds. The van der Waals surface area contributed by atoms with Gasteiger partial charge < -0.3 is 4.57 Å². The Kier molecular flexibility index (Phi) is 3.82. The largest absolute Gasteiger partial charge is 0.342 e. The van der Waals surface area contributed by atoms with Gasteiger partial charge in [-0.2, -0.15) is 5.26 Å². The molecule has 130 valence electrons. The van der Waals surface area contributed by atoms with Crippen molar-refractivity contribution >= 4 is 10.9 Å². The van der Waals surface area contributed by atoms with Crippen LogP contribution in [0.4, 0.5) is 0 Å². The van der Waals surface area contributed by atoms with Crippen LogP contribution in [0, 0.1) is 11.3 Å². The van der Waals surface area contributed by atoms with Crippen molar-refractivity contribution in [2.75, 3.05) is 13.1 Å². The number of benzene rings is 1. The van der Waals surface area contributed by atoms with E-state index in [1.807, 2.05) is 0 Å². The van der Waals surface area contributed by atoms with E-state index < -0.39 is 0 Å². The average molecular weight is 333 g/mol. The second-order valence-electron chi connectivity index (χ2n) is 8.16. The van der Waals surface area contributed by atoms with E-state index in [-0.39, 0.29) is 0 Å². The summed E-state index contributed by atoms with van der Waals surface area (Å²) in [6, 6.07) is 10.2. The summed E-state index contributed by atoms with van der Waals surface area (Å²) in [5.74, 6) is 0.775. The molecule has 1 saturated carbocycles. The fourth-order valence-electron chi connectivity index (χ4n) is 5.66. The maximum Gasteiger partial charge on any atom is 0.0872 e. The quantitative estimate of drug-likeness (QED) is 0.732. The summed E-state index contributed by atoms with van der Waals surface area (Å²) in [5, 5.41) is 10.7. The van der Waals surface area contributed by atoms with Gasteiger partial charge in [0.2, 0.25) is 0 Å². The van der Waals surface area contributed by atoms with Gasteiger partial charge in [-0.3, -0.25) is 4.90 Å². The lowest BCUT2D eigenvalue weighted by Gasteiger charge is -2.38. The van der Waals surface area contributed by atoms with E-state index in [4.69, 9.17) is 0 Å². The molecule has 2 heterocycles. The van der Waals surface area contributed by atoms with E-state index in [9.17, 15) is 5.26 Å². The lowest BCUT2D eigenvalue weighted by atomic mass is 9.83. The van der Waals surface area contributed by atoms with Crippen molar-refractivity contribution in [3.05, 3.63) is 35.0 Å². The second-order valence-corrected chi connectivity index (χ2v) is 8.16. The van der Waals surface area contributed by atoms with Crippen LogP contribution in [0.15, 0.2) is 18.2 Å². The summed E-state index contributed by atoms with van der Waals surface area (Å²) in [6.07, 6.45) is 10.6. The number of fused-ring (bicyclic) bond motifs is 3. The predicted octanol–water partition coefficient (Wildman–Crippen LogP) is 4.91. The zero-order valence-electron chi connectivity index (χ0n) is 15.0. The summed E-state index contributed by atoms with van der Waals surface area (Å²) in [5.41, 5.74) is 6.13. The van der Waals surface area contributed by atoms with Gasteiger partial charge in [0, 0.05) is 29.7 Å². The second kappa shape index (κ2) is 6.18. The van der Waals surface area contributed by atoms with Gasteiger partial charge in [0.25, 0.3) is 0 Å². The maximum atomic E-state index is 9.19. The Morgan fingerprint density at radius 3 is 2.76 bits per heavy atom. The zero-order chi connectivity index (χ0) is 16.8. The fraction of sp³-hybridized carbons (Fsp3) is 0.591. The zero-order valence-corrected chi connectivity index (χ0v) is 15.0. The highest BCUT2D eigenvalue weighted by Crippen LogP contribution is 2.43. The van der Waals surface area contributed by atoms with Gasteiger partial charge in [-0.15, -0.1) is 0 Å². The Hall–Kier alpha value is -1.79. The molecule has 5 rings (SSSR count). The van der Waals surface area contributed by atoms with Crippen molar-refractivity contribution in [2.24, 2.45) is 0 Å². The molecule has 0 bridgehead atoms. The van der Waals surface area contributed by atoms with Crippen LogP contribution in [-0.2, 0) is 13.0 Å². The first-order chi connectivity index (χ1) is 12.4. The molecule has 1 atom stereocenters. The number of aromatic nitrogens is 1. The first-order valence-electron chi connectivity index (χ1n) is 10.1. The molecule has 3 nitrogen and oxygen atoms in total. The number of nitrogens with zero attached hydrogens (tertiary/aromatic N) is 3. The van der Waals surface area contributed by atoms with Crippen LogP contribution >= 0.6 is 0 Å². The highest BCUT2D eigenvalue weighted by Gasteiger charge is 2.34. The van der Waals surface area contributed by atoms with E-state index in [1.165, 1.54) is 68.0 Å². The standard InChI is InChI=1S/C22H27N3/c23-11-12-24-13-14-25-20-10-9-17(16-5-2-1-3-6-16)15-19(20)18-7-4-8-21(24)22(18)25/h9-10,15-16,21H,1-8,12-14H2. The van der Waals surface area contributed by atoms with Crippen molar-refractivity contribution < 1.29 is 0 Å². The Labute approximate surface area is 150 Å². The van der Waals surface area contributed by atoms with Gasteiger partial charge >= 0.3 is 0 Å². The third-order valence-electron chi connectivity index (χ3n) is 6.86. The summed E-state index contributed by atoms with van der Waals surface area (Å²) in [6.45, 7) is 2.62. The third kappa shape index (κ3) is 2.42. The molecule has 2 aliphatic carbocycles. The van der Waals surface area contributed by atoms with Crippen LogP contribution in [0.25, 0.3) is 10.9 Å². The van der Waals surface area contributed by atoms with Crippen molar-refractivity contribution in [1.29, 1.82) is 5.26 Å². The van der Waals surface area contributed by atoms with E-state index in [1.54, 1.807) is 11.1 Å². The molecule has 0 N–H and O–H groups in total. The number of nitriles is 1. The number of hydrogen-bond donors (Lipinski definition) is 0. The molecule has 1 aromatic heterocycles. The molecule has 3 heteroatoms. The molecule has 1 aromatic carbocycles. The Morgan fingerprint density at radius 2 is 1.92 bits per heavy atom. The number of aryl methyl sites for hydroxylation is 1.